The maximum absolute atomic E-state index is 13.9. The lowest BCUT2D eigenvalue weighted by Gasteiger charge is -2.33. The number of rotatable bonds is 11. The van der Waals surface area contributed by atoms with Crippen molar-refractivity contribution in [1.29, 1.82) is 0 Å². The van der Waals surface area contributed by atoms with Crippen molar-refractivity contribution in [2.45, 2.75) is 25.9 Å². The van der Waals surface area contributed by atoms with E-state index in [1.165, 1.54) is 23.1 Å². The van der Waals surface area contributed by atoms with Gasteiger partial charge < -0.3 is 10.2 Å². The van der Waals surface area contributed by atoms with Crippen LogP contribution in [0.15, 0.2) is 84.9 Å². The van der Waals surface area contributed by atoms with Gasteiger partial charge in [0.15, 0.2) is 0 Å². The van der Waals surface area contributed by atoms with Crippen molar-refractivity contribution in [3.8, 4) is 0 Å². The van der Waals surface area contributed by atoms with E-state index in [0.29, 0.717) is 6.54 Å². The molecule has 0 radical (unpaired) electrons. The fourth-order valence-electron chi connectivity index (χ4n) is 3.87. The molecule has 0 spiro atoms. The molecule has 0 bridgehead atoms. The van der Waals surface area contributed by atoms with Crippen LogP contribution in [0.3, 0.4) is 0 Å². The average Bonchev–Trinajstić information content (AvgIpc) is 2.85. The van der Waals surface area contributed by atoms with Crippen LogP contribution in [0.1, 0.15) is 18.1 Å². The lowest BCUT2D eigenvalue weighted by Crippen LogP contribution is -2.53. The van der Waals surface area contributed by atoms with Crippen molar-refractivity contribution in [1.82, 2.24) is 10.2 Å². The van der Waals surface area contributed by atoms with Gasteiger partial charge in [-0.25, -0.2) is 12.8 Å². The number of benzene rings is 3. The summed E-state index contributed by atoms with van der Waals surface area (Å²) in [7, 11) is -3.93. The zero-order chi connectivity index (χ0) is 26.1. The second-order valence-corrected chi connectivity index (χ2v) is 10.3. The van der Waals surface area contributed by atoms with Crippen molar-refractivity contribution in [3.05, 3.63) is 102 Å². The Morgan fingerprint density at radius 1 is 0.917 bits per heavy atom. The van der Waals surface area contributed by atoms with Gasteiger partial charge >= 0.3 is 0 Å². The lowest BCUT2D eigenvalue weighted by molar-refractivity contribution is -0.140. The number of anilines is 1. The topological polar surface area (TPSA) is 86.8 Å². The van der Waals surface area contributed by atoms with Crippen LogP contribution in [0.25, 0.3) is 0 Å². The normalized spacial score (nSPS) is 12.0. The molecule has 2 amide bonds. The van der Waals surface area contributed by atoms with Gasteiger partial charge in [0.1, 0.15) is 18.4 Å². The molecule has 3 aromatic carbocycles. The summed E-state index contributed by atoms with van der Waals surface area (Å²) in [5, 5.41) is 2.80. The first-order chi connectivity index (χ1) is 17.2. The Balaban J connectivity index is 2.01. The highest BCUT2D eigenvalue weighted by Crippen LogP contribution is 2.21. The van der Waals surface area contributed by atoms with Crippen LogP contribution in [-0.2, 0) is 32.6 Å². The minimum Gasteiger partial charge on any atom is -0.355 e. The number of halogens is 1. The van der Waals surface area contributed by atoms with Gasteiger partial charge in [-0.05, 0) is 36.2 Å². The van der Waals surface area contributed by atoms with E-state index in [1.54, 1.807) is 6.92 Å². The molecule has 0 aliphatic carbocycles. The number of sulfonamides is 1. The number of carbonyl (C=O) groups is 2. The van der Waals surface area contributed by atoms with E-state index in [9.17, 15) is 22.4 Å². The number of hydrogen-bond acceptors (Lipinski definition) is 4. The van der Waals surface area contributed by atoms with E-state index in [-0.39, 0.29) is 24.6 Å². The number of likely N-dealkylation sites (N-methyl/N-ethyl adjacent to an activating group) is 1. The summed E-state index contributed by atoms with van der Waals surface area (Å²) in [6.07, 6.45) is 1.20. The second-order valence-electron chi connectivity index (χ2n) is 8.36. The molecule has 3 rings (SSSR count). The molecule has 1 atom stereocenters. The van der Waals surface area contributed by atoms with Crippen molar-refractivity contribution < 1.29 is 22.4 Å². The molecule has 0 heterocycles. The molecule has 9 heteroatoms. The number of nitrogens with zero attached hydrogens (tertiary/aromatic N) is 2. The van der Waals surface area contributed by atoms with Crippen LogP contribution >= 0.6 is 0 Å². The van der Waals surface area contributed by atoms with E-state index in [0.717, 1.165) is 27.8 Å². The standard InChI is InChI=1S/C27H30FN3O4S/c1-3-29-27(33)25(17-21-11-6-4-7-12-21)30(19-22-13-8-5-9-14-22)26(32)20-31(36(2,34)35)24-16-10-15-23(28)18-24/h4-16,18,25H,3,17,19-20H2,1-2H3,(H,29,33)/t25-/m0/s1. The summed E-state index contributed by atoms with van der Waals surface area (Å²) < 4.78 is 40.0. The molecule has 0 aliphatic rings. The third-order valence-electron chi connectivity index (χ3n) is 5.59. The molecule has 0 aliphatic heterocycles. The Hall–Kier alpha value is -3.72. The minimum atomic E-state index is -3.93. The van der Waals surface area contributed by atoms with Crippen LogP contribution in [0.4, 0.5) is 10.1 Å². The highest BCUT2D eigenvalue weighted by molar-refractivity contribution is 7.92. The highest BCUT2D eigenvalue weighted by Gasteiger charge is 2.32. The molecule has 0 saturated carbocycles. The number of hydrogen-bond donors (Lipinski definition) is 1. The Kier molecular flexibility index (Phi) is 9.19. The van der Waals surface area contributed by atoms with Gasteiger partial charge in [-0.3, -0.25) is 13.9 Å². The smallest absolute Gasteiger partial charge is 0.244 e. The molecule has 0 fully saturated rings. The van der Waals surface area contributed by atoms with Crippen LogP contribution in [0, 0.1) is 5.82 Å². The first-order valence-corrected chi connectivity index (χ1v) is 13.4. The molecule has 3 aromatic rings. The van der Waals surface area contributed by atoms with Crippen molar-refractivity contribution in [2.75, 3.05) is 23.7 Å². The van der Waals surface area contributed by atoms with Crippen molar-refractivity contribution in [3.63, 3.8) is 0 Å². The molecular weight excluding hydrogens is 481 g/mol. The van der Waals surface area contributed by atoms with E-state index < -0.39 is 34.3 Å². The maximum Gasteiger partial charge on any atom is 0.244 e. The average molecular weight is 512 g/mol. The Morgan fingerprint density at radius 3 is 2.08 bits per heavy atom. The number of amides is 2. The molecule has 1 N–H and O–H groups in total. The van der Waals surface area contributed by atoms with E-state index in [1.807, 2.05) is 60.7 Å². The molecular formula is C27H30FN3O4S. The number of nitrogens with one attached hydrogen (secondary N) is 1. The summed E-state index contributed by atoms with van der Waals surface area (Å²) in [5.41, 5.74) is 1.66. The summed E-state index contributed by atoms with van der Waals surface area (Å²) in [5.74, 6) is -1.55. The monoisotopic (exact) mass is 511 g/mol. The van der Waals surface area contributed by atoms with Gasteiger partial charge in [-0.2, -0.15) is 0 Å². The van der Waals surface area contributed by atoms with Crippen LogP contribution in [-0.4, -0.2) is 50.5 Å². The molecule has 7 nitrogen and oxygen atoms in total. The molecule has 36 heavy (non-hydrogen) atoms. The largest absolute Gasteiger partial charge is 0.355 e. The predicted octanol–water partition coefficient (Wildman–Crippen LogP) is 3.37. The first kappa shape index (κ1) is 26.9. The molecule has 0 aromatic heterocycles. The highest BCUT2D eigenvalue weighted by atomic mass is 32.2. The minimum absolute atomic E-state index is 0.0307. The zero-order valence-corrected chi connectivity index (χ0v) is 21.1. The fourth-order valence-corrected chi connectivity index (χ4v) is 4.71. The van der Waals surface area contributed by atoms with Crippen LogP contribution in [0.2, 0.25) is 0 Å². The maximum atomic E-state index is 13.9. The summed E-state index contributed by atoms with van der Waals surface area (Å²) in [6, 6.07) is 22.6. The van der Waals surface area contributed by atoms with Crippen LogP contribution < -0.4 is 9.62 Å². The van der Waals surface area contributed by atoms with E-state index in [4.69, 9.17) is 0 Å². The molecule has 0 saturated heterocycles. The Labute approximate surface area is 211 Å². The first-order valence-electron chi connectivity index (χ1n) is 11.6. The number of carbonyl (C=O) groups excluding carboxylic acids is 2. The summed E-state index contributed by atoms with van der Waals surface area (Å²) in [4.78, 5) is 28.3. The van der Waals surface area contributed by atoms with Gasteiger partial charge in [0, 0.05) is 19.5 Å². The molecule has 0 unspecified atom stereocenters. The van der Waals surface area contributed by atoms with Gasteiger partial charge in [0.05, 0.1) is 11.9 Å². The van der Waals surface area contributed by atoms with Crippen LogP contribution in [0.5, 0.6) is 0 Å². The fraction of sp³-hybridized carbons (Fsp3) is 0.259. The molecule has 190 valence electrons. The van der Waals surface area contributed by atoms with E-state index in [2.05, 4.69) is 5.32 Å². The lowest BCUT2D eigenvalue weighted by atomic mass is 10.0. The summed E-state index contributed by atoms with van der Waals surface area (Å²) >= 11 is 0. The Morgan fingerprint density at radius 2 is 1.53 bits per heavy atom. The van der Waals surface area contributed by atoms with Crippen molar-refractivity contribution in [2.24, 2.45) is 0 Å². The van der Waals surface area contributed by atoms with Gasteiger partial charge in [-0.1, -0.05) is 66.7 Å². The van der Waals surface area contributed by atoms with Crippen molar-refractivity contribution >= 4 is 27.5 Å². The predicted molar refractivity (Wildman–Crippen MR) is 138 cm³/mol. The van der Waals surface area contributed by atoms with E-state index >= 15 is 0 Å². The summed E-state index contributed by atoms with van der Waals surface area (Å²) in [6.45, 7) is 1.67. The van der Waals surface area contributed by atoms with Gasteiger partial charge in [-0.15, -0.1) is 0 Å². The zero-order valence-electron chi connectivity index (χ0n) is 20.3. The second kappa shape index (κ2) is 12.3. The third kappa shape index (κ3) is 7.39. The third-order valence-corrected chi connectivity index (χ3v) is 6.73. The van der Waals surface area contributed by atoms with Gasteiger partial charge in [0.2, 0.25) is 21.8 Å². The SMILES string of the molecule is CCNC(=O)[C@H](Cc1ccccc1)N(Cc1ccccc1)C(=O)CN(c1cccc(F)c1)S(C)(=O)=O. The Bertz CT molecular complexity index is 1270. The quantitative estimate of drug-likeness (QED) is 0.428. The van der Waals surface area contributed by atoms with Gasteiger partial charge in [0.25, 0.3) is 0 Å².